The second-order valence-corrected chi connectivity index (χ2v) is 13.1. The predicted octanol–water partition coefficient (Wildman–Crippen LogP) is 5.76. The van der Waals surface area contributed by atoms with Gasteiger partial charge in [-0.1, -0.05) is 61.2 Å². The van der Waals surface area contributed by atoms with E-state index in [1.54, 1.807) is 31.2 Å². The largest absolute Gasteiger partial charge is 0.494 e. The zero-order chi connectivity index (χ0) is 31.0. The van der Waals surface area contributed by atoms with Crippen molar-refractivity contribution in [1.82, 2.24) is 10.2 Å². The Bertz CT molecular complexity index is 1480. The maximum absolute atomic E-state index is 14.2. The highest BCUT2D eigenvalue weighted by Gasteiger charge is 2.33. The van der Waals surface area contributed by atoms with Gasteiger partial charge >= 0.3 is 0 Å². The number of carbonyl (C=O) groups excluding carboxylic acids is 2. The van der Waals surface area contributed by atoms with Crippen LogP contribution >= 0.6 is 0 Å². The molecule has 3 aromatic rings. The lowest BCUT2D eigenvalue weighted by Gasteiger charge is -2.33. The van der Waals surface area contributed by atoms with E-state index in [2.05, 4.69) is 5.32 Å². The molecule has 4 rings (SSSR count). The van der Waals surface area contributed by atoms with Crippen molar-refractivity contribution in [2.24, 2.45) is 0 Å². The SMILES string of the molecule is CCOc1ccc(S(=O)(=O)N(CC(=O)N(Cc2ccccc2C)C(C)C(=O)NC2CCCCC2)c2ccc(C)cc2)cc1. The van der Waals surface area contributed by atoms with Gasteiger partial charge in [0, 0.05) is 12.6 Å². The van der Waals surface area contributed by atoms with Crippen LogP contribution in [0.25, 0.3) is 0 Å². The minimum atomic E-state index is -4.15. The molecule has 0 heterocycles. The summed E-state index contributed by atoms with van der Waals surface area (Å²) in [6.07, 6.45) is 5.15. The van der Waals surface area contributed by atoms with E-state index in [1.165, 1.54) is 17.0 Å². The predicted molar refractivity (Wildman–Crippen MR) is 170 cm³/mol. The number of sulfonamides is 1. The molecule has 0 radical (unpaired) electrons. The molecule has 1 atom stereocenters. The molecule has 9 heteroatoms. The van der Waals surface area contributed by atoms with Crippen molar-refractivity contribution >= 4 is 27.5 Å². The summed E-state index contributed by atoms with van der Waals surface area (Å²) in [7, 11) is -4.15. The Morgan fingerprint density at radius 3 is 2.21 bits per heavy atom. The van der Waals surface area contributed by atoms with Gasteiger partial charge in [-0.05, 0) is 88.1 Å². The third kappa shape index (κ3) is 8.16. The molecule has 1 saturated carbocycles. The normalized spacial score (nSPS) is 14.5. The molecule has 1 N–H and O–H groups in total. The highest BCUT2D eigenvalue weighted by atomic mass is 32.2. The van der Waals surface area contributed by atoms with E-state index in [9.17, 15) is 18.0 Å². The number of ether oxygens (including phenoxy) is 1. The van der Waals surface area contributed by atoms with Crippen LogP contribution in [0.2, 0.25) is 0 Å². The molecule has 0 aromatic heterocycles. The molecule has 0 saturated heterocycles. The molecule has 1 unspecified atom stereocenters. The highest BCUT2D eigenvalue weighted by Crippen LogP contribution is 2.27. The third-order valence-electron chi connectivity index (χ3n) is 8.04. The number of rotatable bonds is 12. The average Bonchev–Trinajstić information content (AvgIpc) is 3.00. The fraction of sp³-hybridized carbons (Fsp3) is 0.412. The summed E-state index contributed by atoms with van der Waals surface area (Å²) in [5.41, 5.74) is 3.20. The number of aryl methyl sites for hydroxylation is 2. The van der Waals surface area contributed by atoms with Crippen molar-refractivity contribution in [3.05, 3.63) is 89.5 Å². The van der Waals surface area contributed by atoms with E-state index >= 15 is 0 Å². The average molecular weight is 606 g/mol. The Morgan fingerprint density at radius 2 is 1.58 bits per heavy atom. The quantitative estimate of drug-likeness (QED) is 0.283. The molecular weight excluding hydrogens is 562 g/mol. The lowest BCUT2D eigenvalue weighted by molar-refractivity contribution is -0.139. The number of anilines is 1. The van der Waals surface area contributed by atoms with Crippen LogP contribution in [-0.4, -0.2) is 50.4 Å². The Balaban J connectivity index is 1.67. The van der Waals surface area contributed by atoms with Crippen LogP contribution in [-0.2, 0) is 26.2 Å². The fourth-order valence-electron chi connectivity index (χ4n) is 5.36. The molecule has 0 aliphatic heterocycles. The van der Waals surface area contributed by atoms with Crippen LogP contribution in [0.15, 0.2) is 77.7 Å². The van der Waals surface area contributed by atoms with Crippen LogP contribution in [0.5, 0.6) is 5.75 Å². The first-order valence-corrected chi connectivity index (χ1v) is 16.5. The van der Waals surface area contributed by atoms with Gasteiger partial charge in [-0.15, -0.1) is 0 Å². The number of nitrogens with zero attached hydrogens (tertiary/aromatic N) is 2. The number of hydrogen-bond donors (Lipinski definition) is 1. The fourth-order valence-corrected chi connectivity index (χ4v) is 6.78. The monoisotopic (exact) mass is 605 g/mol. The van der Waals surface area contributed by atoms with Gasteiger partial charge in [-0.3, -0.25) is 13.9 Å². The smallest absolute Gasteiger partial charge is 0.264 e. The number of nitrogens with one attached hydrogen (secondary N) is 1. The molecule has 43 heavy (non-hydrogen) atoms. The summed E-state index contributed by atoms with van der Waals surface area (Å²) in [4.78, 5) is 29.2. The summed E-state index contributed by atoms with van der Waals surface area (Å²) in [5, 5.41) is 3.14. The number of amides is 2. The Kier molecular flexibility index (Phi) is 10.9. The summed E-state index contributed by atoms with van der Waals surface area (Å²) in [6, 6.07) is 20.2. The minimum Gasteiger partial charge on any atom is -0.494 e. The van der Waals surface area contributed by atoms with Gasteiger partial charge in [0.25, 0.3) is 10.0 Å². The van der Waals surface area contributed by atoms with Gasteiger partial charge in [-0.25, -0.2) is 8.42 Å². The van der Waals surface area contributed by atoms with Crippen LogP contribution in [0, 0.1) is 13.8 Å². The third-order valence-corrected chi connectivity index (χ3v) is 9.83. The summed E-state index contributed by atoms with van der Waals surface area (Å²) < 4.78 is 34.7. The minimum absolute atomic E-state index is 0.0397. The van der Waals surface area contributed by atoms with Crippen LogP contribution in [0.1, 0.15) is 62.6 Å². The molecule has 0 spiro atoms. The van der Waals surface area contributed by atoms with E-state index in [1.807, 2.05) is 57.2 Å². The van der Waals surface area contributed by atoms with Gasteiger partial charge in [0.1, 0.15) is 18.3 Å². The zero-order valence-electron chi connectivity index (χ0n) is 25.6. The van der Waals surface area contributed by atoms with Crippen molar-refractivity contribution in [3.63, 3.8) is 0 Å². The van der Waals surface area contributed by atoms with Crippen molar-refractivity contribution in [3.8, 4) is 5.75 Å². The van der Waals surface area contributed by atoms with Crippen LogP contribution in [0.3, 0.4) is 0 Å². The van der Waals surface area contributed by atoms with Gasteiger partial charge in [0.15, 0.2) is 0 Å². The maximum atomic E-state index is 14.2. The Labute approximate surface area is 256 Å². The van der Waals surface area contributed by atoms with Crippen molar-refractivity contribution in [2.75, 3.05) is 17.5 Å². The molecule has 1 aliphatic rings. The summed E-state index contributed by atoms with van der Waals surface area (Å²) >= 11 is 0. The molecular formula is C34H43N3O5S. The van der Waals surface area contributed by atoms with Gasteiger partial charge in [0.05, 0.1) is 17.2 Å². The summed E-state index contributed by atoms with van der Waals surface area (Å²) in [5.74, 6) is -0.142. The van der Waals surface area contributed by atoms with E-state index in [-0.39, 0.29) is 23.4 Å². The number of carbonyl (C=O) groups is 2. The molecule has 230 valence electrons. The van der Waals surface area contributed by atoms with Crippen molar-refractivity contribution in [1.29, 1.82) is 0 Å². The summed E-state index contributed by atoms with van der Waals surface area (Å²) in [6.45, 7) is 7.61. The Morgan fingerprint density at radius 1 is 0.930 bits per heavy atom. The van der Waals surface area contributed by atoms with E-state index < -0.39 is 28.5 Å². The molecule has 2 amide bonds. The number of hydrogen-bond acceptors (Lipinski definition) is 5. The molecule has 1 aliphatic carbocycles. The van der Waals surface area contributed by atoms with Gasteiger partial charge < -0.3 is 15.0 Å². The van der Waals surface area contributed by atoms with E-state index in [0.29, 0.717) is 18.0 Å². The lowest BCUT2D eigenvalue weighted by Crippen LogP contribution is -2.53. The van der Waals surface area contributed by atoms with E-state index in [0.717, 1.165) is 53.1 Å². The molecule has 0 bridgehead atoms. The molecule has 3 aromatic carbocycles. The van der Waals surface area contributed by atoms with Crippen LogP contribution in [0.4, 0.5) is 5.69 Å². The maximum Gasteiger partial charge on any atom is 0.264 e. The first-order chi connectivity index (χ1) is 20.6. The van der Waals surface area contributed by atoms with Crippen molar-refractivity contribution in [2.45, 2.75) is 83.3 Å². The number of benzene rings is 3. The van der Waals surface area contributed by atoms with Gasteiger partial charge in [0.2, 0.25) is 11.8 Å². The highest BCUT2D eigenvalue weighted by molar-refractivity contribution is 7.92. The van der Waals surface area contributed by atoms with Crippen LogP contribution < -0.4 is 14.4 Å². The lowest BCUT2D eigenvalue weighted by atomic mass is 9.95. The van der Waals surface area contributed by atoms with Crippen molar-refractivity contribution < 1.29 is 22.7 Å². The molecule has 1 fully saturated rings. The topological polar surface area (TPSA) is 96.0 Å². The van der Waals surface area contributed by atoms with E-state index in [4.69, 9.17) is 4.74 Å². The Hall–Kier alpha value is -3.85. The first kappa shape index (κ1) is 32.1. The second-order valence-electron chi connectivity index (χ2n) is 11.2. The first-order valence-electron chi connectivity index (χ1n) is 15.1. The zero-order valence-corrected chi connectivity index (χ0v) is 26.4. The molecule has 8 nitrogen and oxygen atoms in total. The standard InChI is InChI=1S/C34H43N3O5S/c1-5-42-31-19-21-32(22-20-31)43(40,41)37(30-17-15-25(2)16-18-30)24-33(38)36(23-28-12-10-9-11-26(28)3)27(4)34(39)35-29-13-7-6-8-14-29/h9-12,15-22,27,29H,5-8,13-14,23-24H2,1-4H3,(H,35,39). The second kappa shape index (κ2) is 14.6. The van der Waals surface area contributed by atoms with Gasteiger partial charge in [-0.2, -0.15) is 0 Å².